The molecule has 1 rings (SSSR count). The molecular formula is C10H23N. The van der Waals surface area contributed by atoms with Crippen LogP contribution in [0, 0.1) is 11.8 Å². The molecule has 0 radical (unpaired) electrons. The third kappa shape index (κ3) is 6.36. The van der Waals surface area contributed by atoms with Crippen molar-refractivity contribution < 1.29 is 0 Å². The lowest BCUT2D eigenvalue weighted by atomic mass is 9.84. The molecule has 0 bridgehead atoms. The molecule has 0 heterocycles. The van der Waals surface area contributed by atoms with Gasteiger partial charge in [0.2, 0.25) is 0 Å². The van der Waals surface area contributed by atoms with E-state index in [9.17, 15) is 0 Å². The molecular weight excluding hydrogens is 134 g/mol. The average Bonchev–Trinajstić information content (AvgIpc) is 1.97. The predicted molar refractivity (Wildman–Crippen MR) is 51.8 cm³/mol. The van der Waals surface area contributed by atoms with Crippen LogP contribution in [-0.4, -0.2) is 14.1 Å². The molecule has 0 amide bonds. The van der Waals surface area contributed by atoms with Gasteiger partial charge in [0.25, 0.3) is 0 Å². The van der Waals surface area contributed by atoms with Crippen LogP contribution in [0.25, 0.3) is 0 Å². The third-order valence-electron chi connectivity index (χ3n) is 2.30. The highest BCUT2D eigenvalue weighted by Crippen LogP contribution is 2.27. The zero-order valence-corrected chi connectivity index (χ0v) is 8.48. The number of nitrogens with one attached hydrogen (secondary N) is 1. The van der Waals surface area contributed by atoms with E-state index in [1.165, 1.54) is 25.7 Å². The van der Waals surface area contributed by atoms with Crippen molar-refractivity contribution in [3.63, 3.8) is 0 Å². The zero-order chi connectivity index (χ0) is 8.69. The van der Waals surface area contributed by atoms with Crippen molar-refractivity contribution in [1.29, 1.82) is 0 Å². The van der Waals surface area contributed by atoms with Gasteiger partial charge in [-0.2, -0.15) is 0 Å². The molecule has 11 heavy (non-hydrogen) atoms. The smallest absolute Gasteiger partial charge is 0.0167 e. The maximum Gasteiger partial charge on any atom is -0.0167 e. The Hall–Kier alpha value is -0.0400. The van der Waals surface area contributed by atoms with Gasteiger partial charge < -0.3 is 5.32 Å². The largest absolute Gasteiger partial charge is 0.323 e. The molecule has 0 aromatic carbocycles. The van der Waals surface area contributed by atoms with Crippen molar-refractivity contribution in [2.24, 2.45) is 11.8 Å². The topological polar surface area (TPSA) is 12.0 Å². The minimum Gasteiger partial charge on any atom is -0.323 e. The van der Waals surface area contributed by atoms with Gasteiger partial charge in [0.1, 0.15) is 0 Å². The summed E-state index contributed by atoms with van der Waals surface area (Å²) in [6.07, 6.45) is 5.89. The lowest BCUT2D eigenvalue weighted by Gasteiger charge is -2.22. The number of rotatable bonds is 0. The minimum atomic E-state index is 1.02. The van der Waals surface area contributed by atoms with Crippen molar-refractivity contribution in [2.45, 2.75) is 39.5 Å². The van der Waals surface area contributed by atoms with Crippen molar-refractivity contribution in [3.8, 4) is 0 Å². The molecule has 1 saturated carbocycles. The molecule has 0 unspecified atom stereocenters. The van der Waals surface area contributed by atoms with Gasteiger partial charge in [0.05, 0.1) is 0 Å². The highest BCUT2D eigenvalue weighted by atomic mass is 14.7. The monoisotopic (exact) mass is 157 g/mol. The van der Waals surface area contributed by atoms with Crippen LogP contribution in [0.3, 0.4) is 0 Å². The molecule has 1 aliphatic carbocycles. The summed E-state index contributed by atoms with van der Waals surface area (Å²) in [7, 11) is 3.75. The lowest BCUT2D eigenvalue weighted by molar-refractivity contribution is 0.308. The first-order chi connectivity index (χ1) is 5.20. The Morgan fingerprint density at radius 3 is 1.18 bits per heavy atom. The van der Waals surface area contributed by atoms with Gasteiger partial charge in [0.15, 0.2) is 0 Å². The molecule has 0 atom stereocenters. The van der Waals surface area contributed by atoms with Crippen molar-refractivity contribution >= 4 is 0 Å². The molecule has 1 aliphatic rings. The molecule has 0 aromatic rings. The molecule has 1 heteroatoms. The highest BCUT2D eigenvalue weighted by Gasteiger charge is 2.13. The predicted octanol–water partition coefficient (Wildman–Crippen LogP) is 2.67. The van der Waals surface area contributed by atoms with Gasteiger partial charge in [-0.3, -0.25) is 0 Å². The minimum absolute atomic E-state index is 1.02. The van der Waals surface area contributed by atoms with Crippen LogP contribution < -0.4 is 5.32 Å². The Balaban J connectivity index is 0.000000292. The van der Waals surface area contributed by atoms with Gasteiger partial charge in [-0.25, -0.2) is 0 Å². The Morgan fingerprint density at radius 1 is 0.818 bits per heavy atom. The van der Waals surface area contributed by atoms with Gasteiger partial charge in [-0.05, 0) is 25.9 Å². The van der Waals surface area contributed by atoms with E-state index in [1.54, 1.807) is 0 Å². The second kappa shape index (κ2) is 6.66. The fourth-order valence-corrected chi connectivity index (χ4v) is 1.43. The second-order valence-corrected chi connectivity index (χ2v) is 3.87. The summed E-state index contributed by atoms with van der Waals surface area (Å²) in [6, 6.07) is 0. The first kappa shape index (κ1) is 11.0. The number of hydrogen-bond donors (Lipinski definition) is 1. The van der Waals surface area contributed by atoms with Crippen LogP contribution in [0.15, 0.2) is 0 Å². The van der Waals surface area contributed by atoms with Crippen LogP contribution in [0.2, 0.25) is 0 Å². The van der Waals surface area contributed by atoms with Crippen molar-refractivity contribution in [1.82, 2.24) is 5.32 Å². The van der Waals surface area contributed by atoms with Gasteiger partial charge >= 0.3 is 0 Å². The fraction of sp³-hybridized carbons (Fsp3) is 1.00. The summed E-state index contributed by atoms with van der Waals surface area (Å²) < 4.78 is 0. The van der Waals surface area contributed by atoms with Crippen LogP contribution in [0.5, 0.6) is 0 Å². The Morgan fingerprint density at radius 2 is 1.00 bits per heavy atom. The van der Waals surface area contributed by atoms with E-state index in [2.05, 4.69) is 19.2 Å². The SMILES string of the molecule is CC1CCC(C)CC1.CNC. The zero-order valence-electron chi connectivity index (χ0n) is 8.48. The Kier molecular flexibility index (Phi) is 6.63. The maximum absolute atomic E-state index is 2.75. The van der Waals surface area contributed by atoms with E-state index in [4.69, 9.17) is 0 Å². The van der Waals surface area contributed by atoms with Crippen molar-refractivity contribution in [3.05, 3.63) is 0 Å². The van der Waals surface area contributed by atoms with E-state index in [0.29, 0.717) is 0 Å². The van der Waals surface area contributed by atoms with E-state index < -0.39 is 0 Å². The fourth-order valence-electron chi connectivity index (χ4n) is 1.43. The average molecular weight is 157 g/mol. The third-order valence-corrected chi connectivity index (χ3v) is 2.30. The lowest BCUT2D eigenvalue weighted by Crippen LogP contribution is -2.08. The van der Waals surface area contributed by atoms with E-state index in [0.717, 1.165) is 11.8 Å². The quantitative estimate of drug-likeness (QED) is 0.570. The summed E-state index contributed by atoms with van der Waals surface area (Å²) in [4.78, 5) is 0. The summed E-state index contributed by atoms with van der Waals surface area (Å²) in [5.41, 5.74) is 0. The molecule has 0 aliphatic heterocycles. The molecule has 0 aromatic heterocycles. The van der Waals surface area contributed by atoms with E-state index >= 15 is 0 Å². The number of hydrogen-bond acceptors (Lipinski definition) is 1. The molecule has 68 valence electrons. The standard InChI is InChI=1S/C8H16.C2H7N/c1-7-3-5-8(2)6-4-7;1-3-2/h7-8H,3-6H2,1-2H3;3H,1-2H3. The Labute approximate surface area is 71.6 Å². The highest BCUT2D eigenvalue weighted by molar-refractivity contribution is 4.65. The van der Waals surface area contributed by atoms with Crippen LogP contribution in [0.4, 0.5) is 0 Å². The van der Waals surface area contributed by atoms with Crippen molar-refractivity contribution in [2.75, 3.05) is 14.1 Å². The van der Waals surface area contributed by atoms with Crippen LogP contribution >= 0.6 is 0 Å². The van der Waals surface area contributed by atoms with Gasteiger partial charge in [0, 0.05) is 0 Å². The summed E-state index contributed by atoms with van der Waals surface area (Å²) in [5.74, 6) is 2.04. The van der Waals surface area contributed by atoms with E-state index in [-0.39, 0.29) is 0 Å². The van der Waals surface area contributed by atoms with Crippen LogP contribution in [-0.2, 0) is 0 Å². The summed E-state index contributed by atoms with van der Waals surface area (Å²) >= 11 is 0. The molecule has 1 nitrogen and oxygen atoms in total. The van der Waals surface area contributed by atoms with E-state index in [1.807, 2.05) is 14.1 Å². The Bertz CT molecular complexity index is 62.9. The second-order valence-electron chi connectivity index (χ2n) is 3.87. The maximum atomic E-state index is 2.75. The van der Waals surface area contributed by atoms with Crippen LogP contribution in [0.1, 0.15) is 39.5 Å². The molecule has 1 N–H and O–H groups in total. The summed E-state index contributed by atoms with van der Waals surface area (Å²) in [6.45, 7) is 4.73. The van der Waals surface area contributed by atoms with Gasteiger partial charge in [-0.15, -0.1) is 0 Å². The first-order valence-electron chi connectivity index (χ1n) is 4.79. The molecule has 0 spiro atoms. The summed E-state index contributed by atoms with van der Waals surface area (Å²) in [5, 5.41) is 2.75. The first-order valence-corrected chi connectivity index (χ1v) is 4.79. The van der Waals surface area contributed by atoms with Gasteiger partial charge in [-0.1, -0.05) is 39.5 Å². The molecule has 0 saturated heterocycles. The normalized spacial score (nSPS) is 30.5. The molecule has 1 fully saturated rings.